The smallest absolute Gasteiger partial charge is 0.343 e. The molecule has 10 heteroatoms. The molecule has 0 N–H and O–H groups in total. The van der Waals surface area contributed by atoms with Crippen LogP contribution in [0, 0.1) is 6.92 Å². The normalized spacial score (nSPS) is 11.9. The summed E-state index contributed by atoms with van der Waals surface area (Å²) in [5.41, 5.74) is 1.15. The number of nitrogens with zero attached hydrogens (tertiary/aromatic N) is 6. The molecule has 9 nitrogen and oxygen atoms in total. The van der Waals surface area contributed by atoms with Gasteiger partial charge < -0.3 is 4.74 Å². The standard InChI is InChI=1S/C23H21BrN6O3/c1-14-7-5-6-8-17(14)21(32)33-18-10-9-16(24)11-15(18)12-26-30-20(31)19(23(2,3)4)28-29-13-25-27-22(29)30/h5-13H,1-4H3/b26-12+. The number of hydrogen-bond acceptors (Lipinski definition) is 7. The molecule has 0 fully saturated rings. The molecule has 0 atom stereocenters. The Hall–Kier alpha value is -3.66. The Morgan fingerprint density at radius 1 is 1.18 bits per heavy atom. The van der Waals surface area contributed by atoms with Crippen molar-refractivity contribution < 1.29 is 9.53 Å². The molecule has 0 aliphatic rings. The van der Waals surface area contributed by atoms with Gasteiger partial charge in [-0.15, -0.1) is 10.2 Å². The van der Waals surface area contributed by atoms with Gasteiger partial charge in [-0.25, -0.2) is 4.79 Å². The number of aryl methyl sites for hydroxylation is 1. The highest BCUT2D eigenvalue weighted by Gasteiger charge is 2.24. The van der Waals surface area contributed by atoms with Crippen LogP contribution in [0.15, 0.2) is 63.2 Å². The van der Waals surface area contributed by atoms with Crippen molar-refractivity contribution in [2.24, 2.45) is 5.10 Å². The van der Waals surface area contributed by atoms with E-state index >= 15 is 0 Å². The molecule has 0 bridgehead atoms. The molecule has 0 radical (unpaired) electrons. The van der Waals surface area contributed by atoms with Gasteiger partial charge in [0, 0.05) is 15.5 Å². The summed E-state index contributed by atoms with van der Waals surface area (Å²) >= 11 is 3.42. The zero-order chi connectivity index (χ0) is 23.8. The molecule has 4 aromatic rings. The Morgan fingerprint density at radius 2 is 1.94 bits per heavy atom. The number of halogens is 1. The number of aromatic nitrogens is 5. The first-order valence-electron chi connectivity index (χ1n) is 10.1. The molecule has 33 heavy (non-hydrogen) atoms. The Kier molecular flexibility index (Phi) is 5.94. The van der Waals surface area contributed by atoms with E-state index in [1.807, 2.05) is 39.8 Å². The lowest BCUT2D eigenvalue weighted by Gasteiger charge is -2.17. The predicted octanol–water partition coefficient (Wildman–Crippen LogP) is 3.76. The van der Waals surface area contributed by atoms with Gasteiger partial charge in [0.05, 0.1) is 11.8 Å². The van der Waals surface area contributed by atoms with Gasteiger partial charge in [0.1, 0.15) is 17.8 Å². The summed E-state index contributed by atoms with van der Waals surface area (Å²) in [6.07, 6.45) is 2.85. The predicted molar refractivity (Wildman–Crippen MR) is 127 cm³/mol. The van der Waals surface area contributed by atoms with Crippen LogP contribution >= 0.6 is 15.9 Å². The van der Waals surface area contributed by atoms with E-state index in [2.05, 4.69) is 36.3 Å². The van der Waals surface area contributed by atoms with Gasteiger partial charge in [-0.05, 0) is 36.8 Å². The topological polar surface area (TPSA) is 104 Å². The number of rotatable bonds is 4. The van der Waals surface area contributed by atoms with E-state index < -0.39 is 16.9 Å². The van der Waals surface area contributed by atoms with E-state index in [4.69, 9.17) is 4.74 Å². The van der Waals surface area contributed by atoms with Gasteiger partial charge >= 0.3 is 5.97 Å². The minimum atomic E-state index is -0.517. The first kappa shape index (κ1) is 22.5. The average molecular weight is 509 g/mol. The van der Waals surface area contributed by atoms with Gasteiger partial charge in [0.15, 0.2) is 0 Å². The molecule has 2 aromatic heterocycles. The molecular formula is C23H21BrN6O3. The fourth-order valence-corrected chi connectivity index (χ4v) is 3.52. The number of esters is 1. The Bertz CT molecular complexity index is 1450. The SMILES string of the molecule is Cc1ccccc1C(=O)Oc1ccc(Br)cc1/C=N/n1c(=O)c(C(C)(C)C)nn2cnnc12. The first-order valence-corrected chi connectivity index (χ1v) is 10.9. The zero-order valence-corrected chi connectivity index (χ0v) is 20.1. The van der Waals surface area contributed by atoms with Crippen molar-refractivity contribution in [2.75, 3.05) is 0 Å². The first-order chi connectivity index (χ1) is 15.6. The third-order valence-corrected chi connectivity index (χ3v) is 5.36. The third-order valence-electron chi connectivity index (χ3n) is 4.87. The molecule has 0 amide bonds. The van der Waals surface area contributed by atoms with Crippen LogP contribution in [0.1, 0.15) is 48.0 Å². The Balaban J connectivity index is 1.76. The maximum Gasteiger partial charge on any atom is 0.343 e. The minimum absolute atomic E-state index is 0.165. The Labute approximate surface area is 197 Å². The van der Waals surface area contributed by atoms with Gasteiger partial charge in [-0.2, -0.15) is 19.4 Å². The second-order valence-corrected chi connectivity index (χ2v) is 9.34. The number of benzene rings is 2. The van der Waals surface area contributed by atoms with E-state index in [-0.39, 0.29) is 5.78 Å². The lowest BCUT2D eigenvalue weighted by molar-refractivity contribution is 0.0733. The van der Waals surface area contributed by atoms with E-state index in [0.29, 0.717) is 22.6 Å². The molecule has 168 valence electrons. The molecule has 0 unspecified atom stereocenters. The number of ether oxygens (including phenoxy) is 1. The summed E-state index contributed by atoms with van der Waals surface area (Å²) in [7, 11) is 0. The largest absolute Gasteiger partial charge is 0.422 e. The zero-order valence-electron chi connectivity index (χ0n) is 18.5. The second kappa shape index (κ2) is 8.70. The third kappa shape index (κ3) is 4.61. The van der Waals surface area contributed by atoms with Crippen LogP contribution < -0.4 is 10.3 Å². The monoisotopic (exact) mass is 508 g/mol. The van der Waals surface area contributed by atoms with Gasteiger partial charge in [0.25, 0.3) is 11.3 Å². The fraction of sp³-hybridized carbons (Fsp3) is 0.217. The molecule has 2 aromatic carbocycles. The number of carbonyl (C=O) groups is 1. The highest BCUT2D eigenvalue weighted by atomic mass is 79.9. The molecule has 2 heterocycles. The molecule has 0 aliphatic heterocycles. The molecule has 0 saturated carbocycles. The fourth-order valence-electron chi connectivity index (χ4n) is 3.14. The van der Waals surface area contributed by atoms with Crippen LogP contribution in [0.2, 0.25) is 0 Å². The van der Waals surface area contributed by atoms with Crippen LogP contribution in [-0.2, 0) is 5.41 Å². The summed E-state index contributed by atoms with van der Waals surface area (Å²) in [5.74, 6) is -0.0236. The van der Waals surface area contributed by atoms with Crippen molar-refractivity contribution in [3.63, 3.8) is 0 Å². The van der Waals surface area contributed by atoms with E-state index in [0.717, 1.165) is 14.7 Å². The molecule has 0 spiro atoms. The summed E-state index contributed by atoms with van der Waals surface area (Å²) in [6, 6.07) is 12.3. The maximum atomic E-state index is 13.1. The van der Waals surface area contributed by atoms with Gasteiger partial charge in [-0.1, -0.05) is 54.9 Å². The second-order valence-electron chi connectivity index (χ2n) is 8.42. The molecule has 4 rings (SSSR count). The van der Waals surface area contributed by atoms with E-state index in [9.17, 15) is 9.59 Å². The van der Waals surface area contributed by atoms with Crippen molar-refractivity contribution >= 4 is 33.9 Å². The minimum Gasteiger partial charge on any atom is -0.422 e. The van der Waals surface area contributed by atoms with E-state index in [1.54, 1.807) is 30.3 Å². The quantitative estimate of drug-likeness (QED) is 0.236. The number of hydrogen-bond donors (Lipinski definition) is 0. The molecule has 0 saturated heterocycles. The summed E-state index contributed by atoms with van der Waals surface area (Å²) in [4.78, 5) is 25.8. The van der Waals surface area contributed by atoms with Crippen molar-refractivity contribution in [3.05, 3.63) is 86.0 Å². The summed E-state index contributed by atoms with van der Waals surface area (Å²) < 4.78 is 8.94. The van der Waals surface area contributed by atoms with Crippen LogP contribution in [-0.4, -0.2) is 36.7 Å². The van der Waals surface area contributed by atoms with Crippen molar-refractivity contribution in [1.82, 2.24) is 24.5 Å². The van der Waals surface area contributed by atoms with E-state index in [1.165, 1.54) is 17.1 Å². The molecule has 0 aliphatic carbocycles. The Morgan fingerprint density at radius 3 is 2.67 bits per heavy atom. The maximum absolute atomic E-state index is 13.1. The van der Waals surface area contributed by atoms with Crippen LogP contribution in [0.4, 0.5) is 0 Å². The molecular weight excluding hydrogens is 488 g/mol. The van der Waals surface area contributed by atoms with Crippen molar-refractivity contribution in [3.8, 4) is 5.75 Å². The van der Waals surface area contributed by atoms with Crippen LogP contribution in [0.3, 0.4) is 0 Å². The van der Waals surface area contributed by atoms with Crippen LogP contribution in [0.5, 0.6) is 5.75 Å². The number of fused-ring (bicyclic) bond motifs is 1. The highest BCUT2D eigenvalue weighted by Crippen LogP contribution is 2.24. The average Bonchev–Trinajstić information content (AvgIpc) is 3.22. The number of carbonyl (C=O) groups excluding carboxylic acids is 1. The van der Waals surface area contributed by atoms with Gasteiger partial charge in [-0.3, -0.25) is 4.79 Å². The van der Waals surface area contributed by atoms with Crippen LogP contribution in [0.25, 0.3) is 5.78 Å². The lowest BCUT2D eigenvalue weighted by atomic mass is 9.93. The summed E-state index contributed by atoms with van der Waals surface area (Å²) in [5, 5.41) is 16.5. The van der Waals surface area contributed by atoms with Gasteiger partial charge in [0.2, 0.25) is 0 Å². The lowest BCUT2D eigenvalue weighted by Crippen LogP contribution is -2.33. The van der Waals surface area contributed by atoms with Crippen molar-refractivity contribution in [1.29, 1.82) is 0 Å². The van der Waals surface area contributed by atoms with Crippen molar-refractivity contribution in [2.45, 2.75) is 33.1 Å². The highest BCUT2D eigenvalue weighted by molar-refractivity contribution is 9.10. The summed E-state index contributed by atoms with van der Waals surface area (Å²) in [6.45, 7) is 7.50.